The van der Waals surface area contributed by atoms with E-state index in [2.05, 4.69) is 31.5 Å². The van der Waals surface area contributed by atoms with Gasteiger partial charge in [-0.1, -0.05) is 15.9 Å². The average Bonchev–Trinajstić information content (AvgIpc) is 2.89. The van der Waals surface area contributed by atoms with E-state index in [1.54, 1.807) is 18.5 Å². The number of tetrazole rings is 1. The quantitative estimate of drug-likeness (QED) is 0.926. The smallest absolute Gasteiger partial charge is 0.308 e. The molecule has 0 saturated carbocycles. The van der Waals surface area contributed by atoms with Crippen LogP contribution in [0.1, 0.15) is 25.5 Å². The predicted molar refractivity (Wildman–Crippen MR) is 77.2 cm³/mol. The molecule has 0 aliphatic heterocycles. The number of carboxylic acids is 1. The Bertz CT molecular complexity index is 641. The van der Waals surface area contributed by atoms with Gasteiger partial charge in [-0.15, -0.1) is 5.10 Å². The van der Waals surface area contributed by atoms with E-state index < -0.39 is 11.9 Å². The molecular weight excluding hydrogens is 324 g/mol. The van der Waals surface area contributed by atoms with Gasteiger partial charge in [0.2, 0.25) is 0 Å². The maximum Gasteiger partial charge on any atom is 0.308 e. The van der Waals surface area contributed by atoms with Crippen LogP contribution in [0.2, 0.25) is 0 Å². The third-order valence-electron chi connectivity index (χ3n) is 3.41. The lowest BCUT2D eigenvalue weighted by molar-refractivity contribution is -0.142. The van der Waals surface area contributed by atoms with Crippen molar-refractivity contribution in [3.8, 4) is 11.4 Å². The number of carbonyl (C=O) groups is 1. The van der Waals surface area contributed by atoms with Crippen molar-refractivity contribution in [1.82, 2.24) is 20.2 Å². The van der Waals surface area contributed by atoms with E-state index in [-0.39, 0.29) is 6.04 Å². The van der Waals surface area contributed by atoms with Crippen LogP contribution in [0.15, 0.2) is 22.7 Å². The SMILES string of the molecule is Cc1cc(-c2nnnn2C(C)C(C)C(=O)O)ccc1Br. The third kappa shape index (κ3) is 2.72. The van der Waals surface area contributed by atoms with Crippen molar-refractivity contribution in [3.63, 3.8) is 0 Å². The van der Waals surface area contributed by atoms with Crippen LogP contribution < -0.4 is 0 Å². The van der Waals surface area contributed by atoms with E-state index in [1.165, 1.54) is 0 Å². The van der Waals surface area contributed by atoms with Crippen LogP contribution >= 0.6 is 15.9 Å². The van der Waals surface area contributed by atoms with Gasteiger partial charge >= 0.3 is 5.97 Å². The zero-order chi connectivity index (χ0) is 14.9. The summed E-state index contributed by atoms with van der Waals surface area (Å²) < 4.78 is 2.56. The van der Waals surface area contributed by atoms with Gasteiger partial charge in [0.15, 0.2) is 5.82 Å². The topological polar surface area (TPSA) is 80.9 Å². The second kappa shape index (κ2) is 5.70. The Kier molecular flexibility index (Phi) is 4.17. The molecule has 1 N–H and O–H groups in total. The largest absolute Gasteiger partial charge is 0.481 e. The Labute approximate surface area is 124 Å². The second-order valence-corrected chi connectivity index (χ2v) is 5.63. The van der Waals surface area contributed by atoms with Crippen LogP contribution in [0.3, 0.4) is 0 Å². The summed E-state index contributed by atoms with van der Waals surface area (Å²) in [6.07, 6.45) is 0. The van der Waals surface area contributed by atoms with Crippen molar-refractivity contribution in [2.75, 3.05) is 0 Å². The highest BCUT2D eigenvalue weighted by atomic mass is 79.9. The molecule has 1 aromatic heterocycles. The minimum Gasteiger partial charge on any atom is -0.481 e. The Hall–Kier alpha value is -1.76. The monoisotopic (exact) mass is 338 g/mol. The zero-order valence-electron chi connectivity index (χ0n) is 11.4. The summed E-state index contributed by atoms with van der Waals surface area (Å²) in [6.45, 7) is 5.42. The number of aryl methyl sites for hydroxylation is 1. The van der Waals surface area contributed by atoms with Gasteiger partial charge in [-0.3, -0.25) is 4.79 Å². The van der Waals surface area contributed by atoms with Crippen LogP contribution in [-0.2, 0) is 4.79 Å². The summed E-state index contributed by atoms with van der Waals surface area (Å²) in [7, 11) is 0. The summed E-state index contributed by atoms with van der Waals surface area (Å²) in [5.74, 6) is -0.874. The van der Waals surface area contributed by atoms with Crippen LogP contribution in [0, 0.1) is 12.8 Å². The van der Waals surface area contributed by atoms with Crippen molar-refractivity contribution in [2.24, 2.45) is 5.92 Å². The molecule has 2 unspecified atom stereocenters. The molecule has 0 fully saturated rings. The predicted octanol–water partition coefficient (Wildman–Crippen LogP) is 2.69. The maximum absolute atomic E-state index is 11.1. The molecular formula is C13H15BrN4O2. The van der Waals surface area contributed by atoms with E-state index in [0.717, 1.165) is 15.6 Å². The van der Waals surface area contributed by atoms with Gasteiger partial charge in [-0.2, -0.15) is 0 Å². The van der Waals surface area contributed by atoms with Crippen LogP contribution in [0.5, 0.6) is 0 Å². The average molecular weight is 339 g/mol. The third-order valence-corrected chi connectivity index (χ3v) is 4.30. The minimum absolute atomic E-state index is 0.332. The van der Waals surface area contributed by atoms with Crippen molar-refractivity contribution >= 4 is 21.9 Å². The zero-order valence-corrected chi connectivity index (χ0v) is 13.0. The molecule has 6 nitrogen and oxygen atoms in total. The molecule has 7 heteroatoms. The van der Waals surface area contributed by atoms with Crippen molar-refractivity contribution in [1.29, 1.82) is 0 Å². The number of rotatable bonds is 4. The van der Waals surface area contributed by atoms with Gasteiger partial charge < -0.3 is 5.11 Å². The molecule has 2 aromatic rings. The molecule has 20 heavy (non-hydrogen) atoms. The molecule has 1 heterocycles. The normalized spacial score (nSPS) is 14.0. The van der Waals surface area contributed by atoms with E-state index in [1.807, 2.05) is 25.1 Å². The Balaban J connectivity index is 2.42. The second-order valence-electron chi connectivity index (χ2n) is 4.78. The Morgan fingerprint density at radius 1 is 1.40 bits per heavy atom. The van der Waals surface area contributed by atoms with Crippen molar-refractivity contribution in [2.45, 2.75) is 26.8 Å². The lowest BCUT2D eigenvalue weighted by atomic mass is 10.0. The number of hydrogen-bond acceptors (Lipinski definition) is 4. The number of carboxylic acid groups (broad SMARTS) is 1. The molecule has 0 bridgehead atoms. The molecule has 106 valence electrons. The summed E-state index contributed by atoms with van der Waals surface area (Å²) in [5.41, 5.74) is 1.93. The highest BCUT2D eigenvalue weighted by Crippen LogP contribution is 2.26. The minimum atomic E-state index is -0.870. The first kappa shape index (κ1) is 14.6. The van der Waals surface area contributed by atoms with Gasteiger partial charge in [0, 0.05) is 10.0 Å². The molecule has 2 atom stereocenters. The van der Waals surface area contributed by atoms with Gasteiger partial charge in [0.25, 0.3) is 0 Å². The highest BCUT2D eigenvalue weighted by Gasteiger charge is 2.25. The van der Waals surface area contributed by atoms with Crippen LogP contribution in [-0.4, -0.2) is 31.3 Å². The lowest BCUT2D eigenvalue weighted by Crippen LogP contribution is -2.23. The molecule has 0 aliphatic carbocycles. The van der Waals surface area contributed by atoms with E-state index in [4.69, 9.17) is 5.11 Å². The number of aliphatic carboxylic acids is 1. The van der Waals surface area contributed by atoms with E-state index in [0.29, 0.717) is 5.82 Å². The molecule has 0 radical (unpaired) electrons. The molecule has 1 aromatic carbocycles. The summed E-state index contributed by atoms with van der Waals surface area (Å²) in [6, 6.07) is 5.46. The number of hydrogen-bond donors (Lipinski definition) is 1. The molecule has 0 spiro atoms. The number of nitrogens with zero attached hydrogens (tertiary/aromatic N) is 4. The molecule has 0 amide bonds. The first-order valence-corrected chi connectivity index (χ1v) is 6.98. The first-order valence-electron chi connectivity index (χ1n) is 6.19. The van der Waals surface area contributed by atoms with Crippen LogP contribution in [0.25, 0.3) is 11.4 Å². The summed E-state index contributed by atoms with van der Waals surface area (Å²) in [5, 5.41) is 20.7. The Morgan fingerprint density at radius 3 is 2.70 bits per heavy atom. The fourth-order valence-electron chi connectivity index (χ4n) is 1.86. The number of halogens is 1. The van der Waals surface area contributed by atoms with Gasteiger partial charge in [-0.05, 0) is 55.0 Å². The molecule has 0 aliphatic rings. The van der Waals surface area contributed by atoms with Gasteiger partial charge in [-0.25, -0.2) is 4.68 Å². The standard InChI is InChI=1S/C13H15BrN4O2/c1-7-6-10(4-5-11(7)14)12-15-16-17-18(12)9(3)8(2)13(19)20/h4-6,8-9H,1-3H3,(H,19,20). The van der Waals surface area contributed by atoms with E-state index >= 15 is 0 Å². The fourth-order valence-corrected chi connectivity index (χ4v) is 2.11. The summed E-state index contributed by atoms with van der Waals surface area (Å²) >= 11 is 3.45. The van der Waals surface area contributed by atoms with Crippen molar-refractivity contribution in [3.05, 3.63) is 28.2 Å². The first-order chi connectivity index (χ1) is 9.41. The number of benzene rings is 1. The van der Waals surface area contributed by atoms with Crippen molar-refractivity contribution < 1.29 is 9.90 Å². The highest BCUT2D eigenvalue weighted by molar-refractivity contribution is 9.10. The van der Waals surface area contributed by atoms with E-state index in [9.17, 15) is 4.79 Å². The molecule has 0 saturated heterocycles. The number of aromatic nitrogens is 4. The maximum atomic E-state index is 11.1. The van der Waals surface area contributed by atoms with Crippen LogP contribution in [0.4, 0.5) is 0 Å². The van der Waals surface area contributed by atoms with Gasteiger partial charge in [0.1, 0.15) is 0 Å². The fraction of sp³-hybridized carbons (Fsp3) is 0.385. The molecule has 2 rings (SSSR count). The summed E-state index contributed by atoms with van der Waals surface area (Å²) in [4.78, 5) is 11.1. The Morgan fingerprint density at radius 2 is 2.10 bits per heavy atom. The lowest BCUT2D eigenvalue weighted by Gasteiger charge is -2.17. The van der Waals surface area contributed by atoms with Gasteiger partial charge in [0.05, 0.1) is 12.0 Å².